The van der Waals surface area contributed by atoms with Gasteiger partial charge < -0.3 is 19.9 Å². The third-order valence-corrected chi connectivity index (χ3v) is 6.52. The molecule has 2 aliphatic heterocycles. The van der Waals surface area contributed by atoms with Crippen molar-refractivity contribution in [2.75, 3.05) is 62.7 Å². The van der Waals surface area contributed by atoms with Crippen LogP contribution in [0.15, 0.2) is 42.5 Å². The zero-order valence-corrected chi connectivity index (χ0v) is 20.5. The van der Waals surface area contributed by atoms with Gasteiger partial charge >= 0.3 is 0 Å². The number of hydrogen-bond acceptors (Lipinski definition) is 5. The van der Waals surface area contributed by atoms with E-state index in [1.807, 2.05) is 36.9 Å². The van der Waals surface area contributed by atoms with E-state index >= 15 is 0 Å². The predicted molar refractivity (Wildman–Crippen MR) is 135 cm³/mol. The van der Waals surface area contributed by atoms with E-state index in [1.165, 1.54) is 11.1 Å². The van der Waals surface area contributed by atoms with Gasteiger partial charge in [-0.2, -0.15) is 0 Å². The van der Waals surface area contributed by atoms with E-state index in [0.29, 0.717) is 37.6 Å². The van der Waals surface area contributed by atoms with Gasteiger partial charge in [-0.05, 0) is 30.7 Å². The SMILES string of the molecule is Cc1cccc(CN2CCN(c3ccc(NC(=O)C(C)C)cc3C(=O)N3CCOCC3)CC2)c1. The minimum atomic E-state index is -0.125. The van der Waals surface area contributed by atoms with Crippen LogP contribution in [0.3, 0.4) is 0 Å². The monoisotopic (exact) mass is 464 g/mol. The fourth-order valence-corrected chi connectivity index (χ4v) is 4.50. The number of rotatable bonds is 6. The van der Waals surface area contributed by atoms with E-state index in [1.54, 1.807) is 0 Å². The number of nitrogens with one attached hydrogen (secondary N) is 1. The summed E-state index contributed by atoms with van der Waals surface area (Å²) in [6.45, 7) is 12.7. The minimum absolute atomic E-state index is 0.00105. The number of ether oxygens (including phenoxy) is 1. The molecule has 182 valence electrons. The third kappa shape index (κ3) is 5.96. The first kappa shape index (κ1) is 24.2. The second kappa shape index (κ2) is 11.0. The first-order valence-electron chi connectivity index (χ1n) is 12.3. The highest BCUT2D eigenvalue weighted by Gasteiger charge is 2.26. The Morgan fingerprint density at radius 3 is 2.38 bits per heavy atom. The summed E-state index contributed by atoms with van der Waals surface area (Å²) >= 11 is 0. The topological polar surface area (TPSA) is 65.1 Å². The van der Waals surface area contributed by atoms with Gasteiger partial charge in [0.25, 0.3) is 5.91 Å². The lowest BCUT2D eigenvalue weighted by Crippen LogP contribution is -2.47. The second-order valence-corrected chi connectivity index (χ2v) is 9.53. The van der Waals surface area contributed by atoms with E-state index in [9.17, 15) is 9.59 Å². The van der Waals surface area contributed by atoms with Crippen LogP contribution in [0.2, 0.25) is 0 Å². The normalized spacial score (nSPS) is 17.2. The summed E-state index contributed by atoms with van der Waals surface area (Å²) in [5.41, 5.74) is 4.87. The van der Waals surface area contributed by atoms with Crippen LogP contribution in [0, 0.1) is 12.8 Å². The molecule has 2 aromatic carbocycles. The van der Waals surface area contributed by atoms with Gasteiger partial charge in [0.15, 0.2) is 0 Å². The van der Waals surface area contributed by atoms with Gasteiger partial charge in [-0.3, -0.25) is 14.5 Å². The number of carbonyl (C=O) groups excluding carboxylic acids is 2. The molecule has 0 saturated carbocycles. The van der Waals surface area contributed by atoms with Crippen LogP contribution < -0.4 is 10.2 Å². The van der Waals surface area contributed by atoms with Gasteiger partial charge in [0, 0.05) is 63.1 Å². The van der Waals surface area contributed by atoms with Crippen LogP contribution in [0.1, 0.15) is 35.3 Å². The Balaban J connectivity index is 1.50. The highest BCUT2D eigenvalue weighted by molar-refractivity contribution is 6.02. The summed E-state index contributed by atoms with van der Waals surface area (Å²) in [6, 6.07) is 14.4. The van der Waals surface area contributed by atoms with E-state index in [4.69, 9.17) is 4.74 Å². The molecule has 2 saturated heterocycles. The average Bonchev–Trinajstić information content (AvgIpc) is 2.84. The summed E-state index contributed by atoms with van der Waals surface area (Å²) in [7, 11) is 0. The quantitative estimate of drug-likeness (QED) is 0.710. The van der Waals surface area contributed by atoms with E-state index in [-0.39, 0.29) is 17.7 Å². The van der Waals surface area contributed by atoms with E-state index in [2.05, 4.69) is 46.3 Å². The van der Waals surface area contributed by atoms with Crippen molar-refractivity contribution in [3.8, 4) is 0 Å². The number of nitrogens with zero attached hydrogens (tertiary/aromatic N) is 3. The molecule has 2 fully saturated rings. The maximum Gasteiger partial charge on any atom is 0.256 e. The van der Waals surface area contributed by atoms with Crippen molar-refractivity contribution in [3.63, 3.8) is 0 Å². The molecule has 0 aliphatic carbocycles. The molecule has 2 aromatic rings. The van der Waals surface area contributed by atoms with Crippen LogP contribution in [-0.2, 0) is 16.1 Å². The number of amides is 2. The number of carbonyl (C=O) groups is 2. The first-order chi connectivity index (χ1) is 16.4. The van der Waals surface area contributed by atoms with Crippen molar-refractivity contribution in [2.45, 2.75) is 27.3 Å². The molecule has 4 rings (SSSR count). The maximum absolute atomic E-state index is 13.5. The number of hydrogen-bond donors (Lipinski definition) is 1. The van der Waals surface area contributed by atoms with Crippen LogP contribution in [0.4, 0.5) is 11.4 Å². The Kier molecular flexibility index (Phi) is 7.85. The largest absolute Gasteiger partial charge is 0.378 e. The Bertz CT molecular complexity index is 1010. The molecular weight excluding hydrogens is 428 g/mol. The fraction of sp³-hybridized carbons (Fsp3) is 0.481. The summed E-state index contributed by atoms with van der Waals surface area (Å²) in [4.78, 5) is 32.4. The lowest BCUT2D eigenvalue weighted by atomic mass is 10.1. The molecule has 0 bridgehead atoms. The van der Waals surface area contributed by atoms with Crippen LogP contribution in [0.5, 0.6) is 0 Å². The van der Waals surface area contributed by atoms with E-state index in [0.717, 1.165) is 38.4 Å². The number of morpholine rings is 1. The van der Waals surface area contributed by atoms with Gasteiger partial charge in [-0.15, -0.1) is 0 Å². The molecular formula is C27H36N4O3. The molecule has 2 amide bonds. The molecule has 7 nitrogen and oxygen atoms in total. The minimum Gasteiger partial charge on any atom is -0.378 e. The van der Waals surface area contributed by atoms with Crippen molar-refractivity contribution in [3.05, 3.63) is 59.2 Å². The molecule has 0 spiro atoms. The second-order valence-electron chi connectivity index (χ2n) is 9.53. The molecule has 0 aromatic heterocycles. The summed E-state index contributed by atoms with van der Waals surface area (Å²) in [6.07, 6.45) is 0. The van der Waals surface area contributed by atoms with Gasteiger partial charge in [0.05, 0.1) is 18.8 Å². The molecule has 2 aliphatic rings. The number of anilines is 2. The molecule has 34 heavy (non-hydrogen) atoms. The maximum atomic E-state index is 13.5. The van der Waals surface area contributed by atoms with Gasteiger partial charge in [0.2, 0.25) is 5.91 Å². The first-order valence-corrected chi connectivity index (χ1v) is 12.3. The van der Waals surface area contributed by atoms with Gasteiger partial charge in [-0.1, -0.05) is 43.7 Å². The van der Waals surface area contributed by atoms with E-state index < -0.39 is 0 Å². The summed E-state index contributed by atoms with van der Waals surface area (Å²) < 4.78 is 5.44. The molecule has 1 N–H and O–H groups in total. The summed E-state index contributed by atoms with van der Waals surface area (Å²) in [5.74, 6) is -0.178. The van der Waals surface area contributed by atoms with Gasteiger partial charge in [-0.25, -0.2) is 0 Å². The number of benzene rings is 2. The standard InChI is InChI=1S/C27H36N4O3/c1-20(2)26(32)28-23-7-8-25(24(18-23)27(33)31-13-15-34-16-14-31)30-11-9-29(10-12-30)19-22-6-4-5-21(3)17-22/h4-8,17-18,20H,9-16,19H2,1-3H3,(H,28,32). The summed E-state index contributed by atoms with van der Waals surface area (Å²) in [5, 5.41) is 2.95. The Hall–Kier alpha value is -2.90. The third-order valence-electron chi connectivity index (χ3n) is 6.52. The van der Waals surface area contributed by atoms with Crippen molar-refractivity contribution in [2.24, 2.45) is 5.92 Å². The zero-order valence-electron chi connectivity index (χ0n) is 20.5. The van der Waals surface area contributed by atoms with Crippen molar-refractivity contribution < 1.29 is 14.3 Å². The van der Waals surface area contributed by atoms with Gasteiger partial charge in [0.1, 0.15) is 0 Å². The van der Waals surface area contributed by atoms with Crippen LogP contribution in [-0.4, -0.2) is 74.1 Å². The molecule has 0 atom stereocenters. The van der Waals surface area contributed by atoms with Crippen molar-refractivity contribution in [1.82, 2.24) is 9.80 Å². The van der Waals surface area contributed by atoms with Crippen LogP contribution >= 0.6 is 0 Å². The Morgan fingerprint density at radius 2 is 1.71 bits per heavy atom. The molecule has 0 radical (unpaired) electrons. The Labute approximate surface area is 202 Å². The number of aryl methyl sites for hydroxylation is 1. The fourth-order valence-electron chi connectivity index (χ4n) is 4.50. The smallest absolute Gasteiger partial charge is 0.256 e. The zero-order chi connectivity index (χ0) is 24.1. The Morgan fingerprint density at radius 1 is 0.971 bits per heavy atom. The predicted octanol–water partition coefficient (Wildman–Crippen LogP) is 3.38. The van der Waals surface area contributed by atoms with Crippen molar-refractivity contribution in [1.29, 1.82) is 0 Å². The number of piperazine rings is 1. The highest BCUT2D eigenvalue weighted by Crippen LogP contribution is 2.28. The lowest BCUT2D eigenvalue weighted by Gasteiger charge is -2.37. The molecule has 0 unspecified atom stereocenters. The average molecular weight is 465 g/mol. The molecule has 7 heteroatoms. The molecule has 2 heterocycles. The van der Waals surface area contributed by atoms with Crippen LogP contribution in [0.25, 0.3) is 0 Å². The highest BCUT2D eigenvalue weighted by atomic mass is 16.5. The van der Waals surface area contributed by atoms with Crippen molar-refractivity contribution >= 4 is 23.2 Å². The lowest BCUT2D eigenvalue weighted by molar-refractivity contribution is -0.118.